The van der Waals surface area contributed by atoms with E-state index < -0.39 is 15.6 Å². The Morgan fingerprint density at radius 2 is 1.60 bits per heavy atom. The lowest BCUT2D eigenvalue weighted by Gasteiger charge is -2.38. The first-order valence-electron chi connectivity index (χ1n) is 7.33. The molecule has 0 aromatic carbocycles. The molecule has 0 heterocycles. The van der Waals surface area contributed by atoms with Crippen LogP contribution in [0.4, 0.5) is 0 Å². The molecule has 0 radical (unpaired) electrons. The summed E-state index contributed by atoms with van der Waals surface area (Å²) >= 11 is 0. The first-order chi connectivity index (χ1) is 8.67. The average Bonchev–Trinajstić information content (AvgIpc) is 2.90. The van der Waals surface area contributed by atoms with Crippen LogP contribution in [0.5, 0.6) is 0 Å². The molecule has 0 bridgehead atoms. The van der Waals surface area contributed by atoms with Gasteiger partial charge >= 0.3 is 0 Å². The lowest BCUT2D eigenvalue weighted by Crippen LogP contribution is -2.50. The molecule has 1 atom stereocenters. The Hall–Kier alpha value is -0.130. The van der Waals surface area contributed by atoms with Crippen LogP contribution in [0.25, 0.3) is 0 Å². The van der Waals surface area contributed by atoms with Gasteiger partial charge in [-0.25, -0.2) is 8.42 Å². The molecule has 0 N–H and O–H groups in total. The van der Waals surface area contributed by atoms with Crippen molar-refractivity contribution < 1.29 is 13.2 Å². The molecule has 0 spiro atoms. The summed E-state index contributed by atoms with van der Waals surface area (Å²) in [7, 11) is -3.23. The summed E-state index contributed by atoms with van der Waals surface area (Å²) in [4.78, 5) is 0. The number of hydrogen-bond donors (Lipinski definition) is 0. The van der Waals surface area contributed by atoms with E-state index in [0.29, 0.717) is 6.54 Å². The van der Waals surface area contributed by atoms with Crippen LogP contribution in [0.3, 0.4) is 0 Å². The van der Waals surface area contributed by atoms with E-state index in [1.165, 1.54) is 6.26 Å². The van der Waals surface area contributed by atoms with Gasteiger partial charge in [0.15, 0.2) is 0 Å². The maximum atomic E-state index is 12.0. The Morgan fingerprint density at radius 1 is 1.15 bits per heavy atom. The topological polar surface area (TPSA) is 46.6 Å². The highest BCUT2D eigenvalue weighted by Gasteiger charge is 2.50. The highest BCUT2D eigenvalue weighted by atomic mass is 32.2. The SMILES string of the molecule is CC(OC1(CN(C(C)(C)C)S(C)(=O)=O)CC1)C(C)(C)C. The molecule has 0 saturated heterocycles. The van der Waals surface area contributed by atoms with Crippen LogP contribution in [0.2, 0.25) is 0 Å². The minimum Gasteiger partial charge on any atom is -0.370 e. The second kappa shape index (κ2) is 5.25. The fourth-order valence-corrected chi connectivity index (χ4v) is 3.58. The molecular weight excluding hydrogens is 274 g/mol. The van der Waals surface area contributed by atoms with Crippen LogP contribution in [0, 0.1) is 5.41 Å². The maximum absolute atomic E-state index is 12.0. The predicted molar refractivity (Wildman–Crippen MR) is 83.3 cm³/mol. The van der Waals surface area contributed by atoms with Gasteiger partial charge in [0.05, 0.1) is 18.0 Å². The Labute approximate surface area is 124 Å². The van der Waals surface area contributed by atoms with Crippen molar-refractivity contribution in [3.63, 3.8) is 0 Å². The largest absolute Gasteiger partial charge is 0.370 e. The molecule has 0 aromatic rings. The summed E-state index contributed by atoms with van der Waals surface area (Å²) in [6.45, 7) is 14.7. The maximum Gasteiger partial charge on any atom is 0.211 e. The quantitative estimate of drug-likeness (QED) is 0.784. The second-order valence-electron chi connectivity index (χ2n) is 8.25. The molecule has 1 fully saturated rings. The Balaban J connectivity index is 2.85. The summed E-state index contributed by atoms with van der Waals surface area (Å²) in [5.41, 5.74) is -0.645. The van der Waals surface area contributed by atoms with Gasteiger partial charge in [0.25, 0.3) is 0 Å². The van der Waals surface area contributed by atoms with Crippen molar-refractivity contribution in [2.45, 2.75) is 78.6 Å². The Bertz CT molecular complexity index is 439. The van der Waals surface area contributed by atoms with Gasteiger partial charge < -0.3 is 4.74 Å². The van der Waals surface area contributed by atoms with E-state index >= 15 is 0 Å². The zero-order valence-corrected chi connectivity index (χ0v) is 15.1. The summed E-state index contributed by atoms with van der Waals surface area (Å²) in [5.74, 6) is 0. The first kappa shape index (κ1) is 17.9. The van der Waals surface area contributed by atoms with Crippen molar-refractivity contribution in [1.82, 2.24) is 4.31 Å². The van der Waals surface area contributed by atoms with E-state index in [4.69, 9.17) is 4.74 Å². The summed E-state index contributed by atoms with van der Waals surface area (Å²) in [6.07, 6.45) is 3.26. The average molecular weight is 305 g/mol. The van der Waals surface area contributed by atoms with E-state index in [1.54, 1.807) is 4.31 Å². The highest BCUT2D eigenvalue weighted by molar-refractivity contribution is 7.88. The van der Waals surface area contributed by atoms with Crippen LogP contribution in [0.15, 0.2) is 0 Å². The molecule has 0 aromatic heterocycles. The molecule has 1 rings (SSSR count). The molecule has 1 unspecified atom stereocenters. The second-order valence-corrected chi connectivity index (χ2v) is 10.2. The molecule has 1 saturated carbocycles. The Kier molecular flexibility index (Phi) is 4.71. The van der Waals surface area contributed by atoms with Crippen LogP contribution < -0.4 is 0 Å². The lowest BCUT2D eigenvalue weighted by molar-refractivity contribution is -0.0802. The predicted octanol–water partition coefficient (Wildman–Crippen LogP) is 3.03. The molecule has 0 amide bonds. The van der Waals surface area contributed by atoms with Crippen molar-refractivity contribution in [1.29, 1.82) is 0 Å². The third-order valence-electron chi connectivity index (χ3n) is 4.03. The van der Waals surface area contributed by atoms with Crippen molar-refractivity contribution in [3.8, 4) is 0 Å². The fourth-order valence-electron chi connectivity index (χ4n) is 2.12. The van der Waals surface area contributed by atoms with Crippen LogP contribution >= 0.6 is 0 Å². The molecule has 120 valence electrons. The molecule has 5 heteroatoms. The third-order valence-corrected chi connectivity index (χ3v) is 5.51. The van der Waals surface area contributed by atoms with Gasteiger partial charge in [0.2, 0.25) is 10.0 Å². The van der Waals surface area contributed by atoms with E-state index in [9.17, 15) is 8.42 Å². The van der Waals surface area contributed by atoms with Crippen LogP contribution in [-0.2, 0) is 14.8 Å². The van der Waals surface area contributed by atoms with Gasteiger partial charge in [-0.05, 0) is 46.0 Å². The molecular formula is C15H31NO3S. The van der Waals surface area contributed by atoms with Gasteiger partial charge in [-0.15, -0.1) is 0 Å². The van der Waals surface area contributed by atoms with Gasteiger partial charge in [-0.1, -0.05) is 20.8 Å². The molecule has 0 aliphatic heterocycles. The number of rotatable bonds is 5. The molecule has 20 heavy (non-hydrogen) atoms. The standard InChI is InChI=1S/C15H31NO3S/c1-12(13(2,3)4)19-15(9-10-15)11-16(14(5,6)7)20(8,17)18/h12H,9-11H2,1-8H3. The minimum atomic E-state index is -3.23. The molecule has 1 aliphatic rings. The number of nitrogens with zero attached hydrogens (tertiary/aromatic N) is 1. The normalized spacial score (nSPS) is 21.1. The molecule has 4 nitrogen and oxygen atoms in total. The third kappa shape index (κ3) is 4.71. The Morgan fingerprint density at radius 3 is 1.85 bits per heavy atom. The van der Waals surface area contributed by atoms with Gasteiger partial charge in [-0.2, -0.15) is 4.31 Å². The van der Waals surface area contributed by atoms with E-state index in [2.05, 4.69) is 27.7 Å². The smallest absolute Gasteiger partial charge is 0.211 e. The van der Waals surface area contributed by atoms with Gasteiger partial charge in [0.1, 0.15) is 0 Å². The van der Waals surface area contributed by atoms with E-state index in [-0.39, 0.29) is 17.1 Å². The van der Waals surface area contributed by atoms with E-state index in [1.807, 2.05) is 20.8 Å². The van der Waals surface area contributed by atoms with Gasteiger partial charge in [0, 0.05) is 12.1 Å². The first-order valence-corrected chi connectivity index (χ1v) is 9.18. The number of ether oxygens (including phenoxy) is 1. The number of sulfonamides is 1. The van der Waals surface area contributed by atoms with Crippen LogP contribution in [-0.4, -0.2) is 42.8 Å². The summed E-state index contributed by atoms with van der Waals surface area (Å²) in [6, 6.07) is 0. The van der Waals surface area contributed by atoms with Crippen molar-refractivity contribution in [2.75, 3.05) is 12.8 Å². The van der Waals surface area contributed by atoms with Gasteiger partial charge in [-0.3, -0.25) is 0 Å². The van der Waals surface area contributed by atoms with E-state index in [0.717, 1.165) is 12.8 Å². The fraction of sp³-hybridized carbons (Fsp3) is 1.00. The zero-order valence-electron chi connectivity index (χ0n) is 14.3. The molecule has 1 aliphatic carbocycles. The highest BCUT2D eigenvalue weighted by Crippen LogP contribution is 2.44. The lowest BCUT2D eigenvalue weighted by atomic mass is 9.90. The van der Waals surface area contributed by atoms with Crippen molar-refractivity contribution >= 4 is 10.0 Å². The summed E-state index contributed by atoms with van der Waals surface area (Å²) in [5, 5.41) is 0. The number of hydrogen-bond acceptors (Lipinski definition) is 3. The van der Waals surface area contributed by atoms with Crippen LogP contribution in [0.1, 0.15) is 61.3 Å². The van der Waals surface area contributed by atoms with Crippen molar-refractivity contribution in [3.05, 3.63) is 0 Å². The monoisotopic (exact) mass is 305 g/mol. The van der Waals surface area contributed by atoms with Crippen molar-refractivity contribution in [2.24, 2.45) is 5.41 Å². The zero-order chi connectivity index (χ0) is 16.0. The summed E-state index contributed by atoms with van der Waals surface area (Å²) < 4.78 is 31.9. The minimum absolute atomic E-state index is 0.0627.